The summed E-state index contributed by atoms with van der Waals surface area (Å²) in [6.07, 6.45) is 0. The Morgan fingerprint density at radius 1 is 1.18 bits per heavy atom. The van der Waals surface area contributed by atoms with Crippen molar-refractivity contribution in [3.8, 4) is 0 Å². The molecule has 0 aliphatic carbocycles. The molecule has 0 atom stereocenters. The molecule has 0 unspecified atom stereocenters. The van der Waals surface area contributed by atoms with Gasteiger partial charge in [0.05, 0.1) is 5.60 Å². The van der Waals surface area contributed by atoms with Crippen LogP contribution >= 0.6 is 0 Å². The third kappa shape index (κ3) is 5.24. The normalized spacial score (nSPS) is 11.8. The van der Waals surface area contributed by atoms with Crippen LogP contribution in [0.5, 0.6) is 0 Å². The van der Waals surface area contributed by atoms with Crippen LogP contribution in [0.3, 0.4) is 0 Å². The minimum atomic E-state index is -0.550. The van der Waals surface area contributed by atoms with E-state index in [4.69, 9.17) is 4.74 Å². The largest absolute Gasteiger partial charge is 0.375 e. The fourth-order valence-corrected chi connectivity index (χ4v) is 1.66. The van der Waals surface area contributed by atoms with Gasteiger partial charge in [-0.05, 0) is 38.5 Å². The van der Waals surface area contributed by atoms with Gasteiger partial charge in [-0.1, -0.05) is 0 Å². The molecular formula is C13H19F2NO. The number of hydrogen-bond donors (Lipinski definition) is 1. The van der Waals surface area contributed by atoms with Gasteiger partial charge in [0.25, 0.3) is 0 Å². The van der Waals surface area contributed by atoms with Crippen molar-refractivity contribution in [1.82, 2.24) is 5.32 Å². The van der Waals surface area contributed by atoms with Crippen LogP contribution in [0, 0.1) is 11.6 Å². The maximum Gasteiger partial charge on any atom is 0.126 e. The van der Waals surface area contributed by atoms with Crippen molar-refractivity contribution in [2.24, 2.45) is 0 Å². The molecule has 2 nitrogen and oxygen atoms in total. The first-order valence-corrected chi connectivity index (χ1v) is 5.72. The molecule has 1 N–H and O–H groups in total. The summed E-state index contributed by atoms with van der Waals surface area (Å²) in [5.74, 6) is -1.10. The zero-order valence-electron chi connectivity index (χ0n) is 10.5. The number of halogens is 2. The lowest BCUT2D eigenvalue weighted by atomic mass is 10.1. The highest BCUT2D eigenvalue weighted by Gasteiger charge is 2.16. The zero-order valence-corrected chi connectivity index (χ0v) is 10.5. The van der Waals surface area contributed by atoms with E-state index in [0.29, 0.717) is 25.3 Å². The van der Waals surface area contributed by atoms with Crippen LogP contribution in [0.15, 0.2) is 18.2 Å². The Hall–Kier alpha value is -1.00. The number of nitrogens with one attached hydrogen (secondary N) is 1. The zero-order chi connectivity index (χ0) is 12.9. The summed E-state index contributed by atoms with van der Waals surface area (Å²) in [5.41, 5.74) is 0.315. The lowest BCUT2D eigenvalue weighted by molar-refractivity contribution is -0.00897. The highest BCUT2D eigenvalue weighted by atomic mass is 19.1. The van der Waals surface area contributed by atoms with Crippen LogP contribution in [0.2, 0.25) is 0 Å². The number of ether oxygens (including phenoxy) is 1. The lowest BCUT2D eigenvalue weighted by Gasteiger charge is -2.25. The first-order valence-electron chi connectivity index (χ1n) is 5.72. The van der Waals surface area contributed by atoms with Crippen molar-refractivity contribution in [3.63, 3.8) is 0 Å². The van der Waals surface area contributed by atoms with E-state index in [2.05, 4.69) is 5.32 Å². The Kier molecular flexibility index (Phi) is 5.02. The van der Waals surface area contributed by atoms with Gasteiger partial charge in [0.1, 0.15) is 11.6 Å². The monoisotopic (exact) mass is 243 g/mol. The van der Waals surface area contributed by atoms with Crippen molar-refractivity contribution in [2.75, 3.05) is 13.2 Å². The second-order valence-electron chi connectivity index (χ2n) is 4.57. The molecule has 0 heterocycles. The van der Waals surface area contributed by atoms with Gasteiger partial charge >= 0.3 is 0 Å². The van der Waals surface area contributed by atoms with E-state index >= 15 is 0 Å². The summed E-state index contributed by atoms with van der Waals surface area (Å²) < 4.78 is 31.3. The predicted molar refractivity (Wildman–Crippen MR) is 63.8 cm³/mol. The minimum absolute atomic E-state index is 0.277. The molecule has 0 aliphatic heterocycles. The van der Waals surface area contributed by atoms with E-state index in [1.165, 1.54) is 12.1 Å². The molecule has 0 fully saturated rings. The van der Waals surface area contributed by atoms with E-state index in [9.17, 15) is 8.78 Å². The summed E-state index contributed by atoms with van der Waals surface area (Å²) in [6, 6.07) is 3.52. The summed E-state index contributed by atoms with van der Waals surface area (Å²) in [7, 11) is 0. The van der Waals surface area contributed by atoms with Crippen LogP contribution in [0.25, 0.3) is 0 Å². The standard InChI is InChI=1S/C13H19F2NO/c1-4-17-13(2,3)9-16-8-10-5-11(14)7-12(15)6-10/h5-7,16H,4,8-9H2,1-3H3. The fraction of sp³-hybridized carbons (Fsp3) is 0.538. The minimum Gasteiger partial charge on any atom is -0.375 e. The van der Waals surface area contributed by atoms with Gasteiger partial charge in [-0.25, -0.2) is 8.78 Å². The van der Waals surface area contributed by atoms with Gasteiger partial charge in [0.15, 0.2) is 0 Å². The van der Waals surface area contributed by atoms with Crippen molar-refractivity contribution < 1.29 is 13.5 Å². The van der Waals surface area contributed by atoms with Crippen LogP contribution in [-0.4, -0.2) is 18.8 Å². The average molecular weight is 243 g/mol. The quantitative estimate of drug-likeness (QED) is 0.829. The topological polar surface area (TPSA) is 21.3 Å². The van der Waals surface area contributed by atoms with Gasteiger partial charge in [0, 0.05) is 25.8 Å². The van der Waals surface area contributed by atoms with Crippen molar-refractivity contribution in [3.05, 3.63) is 35.4 Å². The second kappa shape index (κ2) is 6.07. The second-order valence-corrected chi connectivity index (χ2v) is 4.57. The Morgan fingerprint density at radius 3 is 2.29 bits per heavy atom. The molecule has 0 aromatic heterocycles. The molecule has 0 saturated heterocycles. The van der Waals surface area contributed by atoms with Gasteiger partial charge < -0.3 is 10.1 Å². The highest BCUT2D eigenvalue weighted by molar-refractivity contribution is 5.17. The first kappa shape index (κ1) is 14.1. The maximum atomic E-state index is 12.9. The van der Waals surface area contributed by atoms with E-state index < -0.39 is 11.6 Å². The van der Waals surface area contributed by atoms with E-state index in [1.807, 2.05) is 20.8 Å². The van der Waals surface area contributed by atoms with E-state index in [0.717, 1.165) is 6.07 Å². The molecule has 0 bridgehead atoms. The van der Waals surface area contributed by atoms with Crippen LogP contribution in [-0.2, 0) is 11.3 Å². The van der Waals surface area contributed by atoms with E-state index in [-0.39, 0.29) is 5.60 Å². The molecule has 0 saturated carbocycles. The van der Waals surface area contributed by atoms with Crippen molar-refractivity contribution >= 4 is 0 Å². The van der Waals surface area contributed by atoms with Crippen LogP contribution < -0.4 is 5.32 Å². The molecule has 1 rings (SSSR count). The van der Waals surface area contributed by atoms with Gasteiger partial charge in [-0.2, -0.15) is 0 Å². The molecule has 96 valence electrons. The third-order valence-corrected chi connectivity index (χ3v) is 2.34. The molecule has 0 spiro atoms. The number of rotatable bonds is 6. The van der Waals surface area contributed by atoms with Crippen LogP contribution in [0.4, 0.5) is 8.78 Å². The molecule has 0 aliphatic rings. The molecule has 4 heteroatoms. The maximum absolute atomic E-state index is 12.9. The third-order valence-electron chi connectivity index (χ3n) is 2.34. The summed E-state index contributed by atoms with van der Waals surface area (Å²) in [5, 5.41) is 3.12. The lowest BCUT2D eigenvalue weighted by Crippen LogP contribution is -2.37. The summed E-state index contributed by atoms with van der Waals surface area (Å²) in [4.78, 5) is 0. The fourth-order valence-electron chi connectivity index (χ4n) is 1.66. The molecule has 0 radical (unpaired) electrons. The van der Waals surface area contributed by atoms with Gasteiger partial charge in [0.2, 0.25) is 0 Å². The van der Waals surface area contributed by atoms with Crippen molar-refractivity contribution in [2.45, 2.75) is 32.9 Å². The summed E-state index contributed by atoms with van der Waals surface area (Å²) in [6.45, 7) is 7.56. The Balaban J connectivity index is 2.45. The Bertz CT molecular complexity index is 346. The molecule has 1 aromatic rings. The molecule has 0 amide bonds. The molecular weight excluding hydrogens is 224 g/mol. The SMILES string of the molecule is CCOC(C)(C)CNCc1cc(F)cc(F)c1. The summed E-state index contributed by atoms with van der Waals surface area (Å²) >= 11 is 0. The Morgan fingerprint density at radius 2 is 1.76 bits per heavy atom. The van der Waals surface area contributed by atoms with Crippen molar-refractivity contribution in [1.29, 1.82) is 0 Å². The highest BCUT2D eigenvalue weighted by Crippen LogP contribution is 2.10. The van der Waals surface area contributed by atoms with E-state index in [1.54, 1.807) is 0 Å². The number of hydrogen-bond acceptors (Lipinski definition) is 2. The average Bonchev–Trinajstić information content (AvgIpc) is 2.15. The predicted octanol–water partition coefficient (Wildman–Crippen LogP) is 2.87. The molecule has 17 heavy (non-hydrogen) atoms. The first-order chi connectivity index (χ1) is 7.93. The smallest absolute Gasteiger partial charge is 0.126 e. The Labute approximate surface area is 101 Å². The van der Waals surface area contributed by atoms with Crippen LogP contribution in [0.1, 0.15) is 26.3 Å². The molecule has 1 aromatic carbocycles. The van der Waals surface area contributed by atoms with Gasteiger partial charge in [-0.15, -0.1) is 0 Å². The number of benzene rings is 1. The van der Waals surface area contributed by atoms with Gasteiger partial charge in [-0.3, -0.25) is 0 Å².